The number of phenolic OH excluding ortho intramolecular Hbond substituents is 2. The summed E-state index contributed by atoms with van der Waals surface area (Å²) in [5, 5.41) is 21.8. The highest BCUT2D eigenvalue weighted by Gasteiger charge is 2.40. The number of aromatic hydroxyl groups is 2. The molecule has 2 unspecified atom stereocenters. The summed E-state index contributed by atoms with van der Waals surface area (Å²) in [6.07, 6.45) is -2.15. The van der Waals surface area contributed by atoms with Crippen LogP contribution in [-0.4, -0.2) is 45.7 Å². The zero-order valence-electron chi connectivity index (χ0n) is 19.4. The summed E-state index contributed by atoms with van der Waals surface area (Å²) in [7, 11) is 0. The zero-order valence-corrected chi connectivity index (χ0v) is 19.4. The molecular weight excluding hydrogens is 406 g/mol. The quantitative estimate of drug-likeness (QED) is 0.349. The van der Waals surface area contributed by atoms with E-state index in [1.165, 1.54) is 32.0 Å². The second-order valence-electron chi connectivity index (χ2n) is 9.59. The van der Waals surface area contributed by atoms with Crippen LogP contribution in [-0.2, 0) is 30.2 Å². The van der Waals surface area contributed by atoms with Gasteiger partial charge in [-0.3, -0.25) is 4.79 Å². The van der Waals surface area contributed by atoms with Crippen molar-refractivity contribution >= 4 is 18.0 Å². The fourth-order valence-corrected chi connectivity index (χ4v) is 2.42. The second kappa shape index (κ2) is 9.45. The highest BCUT2D eigenvalue weighted by molar-refractivity contribution is 5.86. The molecule has 0 fully saturated rings. The van der Waals surface area contributed by atoms with Crippen LogP contribution in [0.2, 0.25) is 0 Å². The van der Waals surface area contributed by atoms with Crippen molar-refractivity contribution in [2.24, 2.45) is 5.41 Å². The minimum Gasteiger partial charge on any atom is -0.504 e. The van der Waals surface area contributed by atoms with E-state index >= 15 is 0 Å². The third kappa shape index (κ3) is 8.35. The average molecular weight is 440 g/mol. The standard InChI is InChI=1S/C22H33NO8/c1-13(29-17(26)20(2,3)4)30-18(27)22(8,23-19(28)31-21(5,6)7)12-14-9-10-15(24)16(25)11-14/h9-11,13,24-25H,12H2,1-8H3,(H,23,28). The van der Waals surface area contributed by atoms with Gasteiger partial charge in [-0.05, 0) is 66.2 Å². The topological polar surface area (TPSA) is 131 Å². The van der Waals surface area contributed by atoms with E-state index in [4.69, 9.17) is 14.2 Å². The molecule has 3 N–H and O–H groups in total. The molecule has 0 aliphatic rings. The molecule has 31 heavy (non-hydrogen) atoms. The van der Waals surface area contributed by atoms with Gasteiger partial charge in [0.05, 0.1) is 5.41 Å². The van der Waals surface area contributed by atoms with Gasteiger partial charge in [0, 0.05) is 13.3 Å². The smallest absolute Gasteiger partial charge is 0.408 e. The molecule has 0 aliphatic heterocycles. The van der Waals surface area contributed by atoms with Crippen LogP contribution < -0.4 is 5.32 Å². The Kier molecular flexibility index (Phi) is 7.94. The van der Waals surface area contributed by atoms with Crippen molar-refractivity contribution in [3.63, 3.8) is 0 Å². The lowest BCUT2D eigenvalue weighted by Crippen LogP contribution is -2.56. The number of carbonyl (C=O) groups excluding carboxylic acids is 3. The Morgan fingerprint density at radius 3 is 1.97 bits per heavy atom. The van der Waals surface area contributed by atoms with E-state index < -0.39 is 40.9 Å². The molecule has 0 saturated carbocycles. The molecule has 0 aromatic heterocycles. The number of phenols is 2. The van der Waals surface area contributed by atoms with Crippen molar-refractivity contribution in [2.45, 2.75) is 79.2 Å². The average Bonchev–Trinajstić information content (AvgIpc) is 2.55. The molecular formula is C22H33NO8. The van der Waals surface area contributed by atoms with Crippen LogP contribution in [0.3, 0.4) is 0 Å². The van der Waals surface area contributed by atoms with Crippen molar-refractivity contribution in [1.29, 1.82) is 0 Å². The lowest BCUT2D eigenvalue weighted by Gasteiger charge is -2.31. The number of benzene rings is 1. The maximum atomic E-state index is 13.0. The number of carbonyl (C=O) groups is 3. The van der Waals surface area contributed by atoms with E-state index in [1.807, 2.05) is 0 Å². The van der Waals surface area contributed by atoms with Gasteiger partial charge >= 0.3 is 18.0 Å². The highest BCUT2D eigenvalue weighted by Crippen LogP contribution is 2.28. The van der Waals surface area contributed by atoms with Gasteiger partial charge in [0.2, 0.25) is 6.29 Å². The van der Waals surface area contributed by atoms with Gasteiger partial charge in [0.25, 0.3) is 0 Å². The Morgan fingerprint density at radius 1 is 0.935 bits per heavy atom. The predicted octanol–water partition coefficient (Wildman–Crippen LogP) is 3.40. The molecule has 0 radical (unpaired) electrons. The molecule has 1 amide bonds. The summed E-state index contributed by atoms with van der Waals surface area (Å²) in [5.74, 6) is -2.13. The number of alkyl carbamates (subject to hydrolysis) is 1. The fraction of sp³-hybridized carbons (Fsp3) is 0.591. The SMILES string of the molecule is CC(OC(=O)C(C)(C)C)OC(=O)C(C)(Cc1ccc(O)c(O)c1)NC(=O)OC(C)(C)C. The minimum atomic E-state index is -1.63. The lowest BCUT2D eigenvalue weighted by atomic mass is 9.92. The van der Waals surface area contributed by atoms with E-state index in [0.29, 0.717) is 5.56 Å². The molecule has 1 rings (SSSR count). The molecule has 0 aliphatic carbocycles. The third-order valence-corrected chi connectivity index (χ3v) is 3.98. The predicted molar refractivity (Wildman–Crippen MR) is 112 cm³/mol. The number of nitrogens with one attached hydrogen (secondary N) is 1. The highest BCUT2D eigenvalue weighted by atomic mass is 16.7. The summed E-state index contributed by atoms with van der Waals surface area (Å²) in [5.41, 5.74) is -2.79. The van der Waals surface area contributed by atoms with Gasteiger partial charge in [0.15, 0.2) is 11.5 Å². The number of hydrogen-bond donors (Lipinski definition) is 3. The third-order valence-electron chi connectivity index (χ3n) is 3.98. The van der Waals surface area contributed by atoms with Gasteiger partial charge in [0.1, 0.15) is 11.1 Å². The number of hydrogen-bond acceptors (Lipinski definition) is 8. The van der Waals surface area contributed by atoms with Crippen molar-refractivity contribution in [3.8, 4) is 11.5 Å². The summed E-state index contributed by atoms with van der Waals surface area (Å²) < 4.78 is 15.7. The van der Waals surface area contributed by atoms with Crippen LogP contribution in [0.15, 0.2) is 18.2 Å². The first kappa shape index (κ1) is 26.1. The maximum Gasteiger partial charge on any atom is 0.408 e. The van der Waals surface area contributed by atoms with Crippen molar-refractivity contribution in [3.05, 3.63) is 23.8 Å². The Bertz CT molecular complexity index is 822. The van der Waals surface area contributed by atoms with E-state index in [0.717, 1.165) is 0 Å². The van der Waals surface area contributed by atoms with E-state index in [-0.39, 0.29) is 17.9 Å². The van der Waals surface area contributed by atoms with Crippen molar-refractivity contribution in [1.82, 2.24) is 5.32 Å². The Balaban J connectivity index is 3.09. The summed E-state index contributed by atoms with van der Waals surface area (Å²) >= 11 is 0. The Hall–Kier alpha value is -2.97. The number of esters is 2. The summed E-state index contributed by atoms with van der Waals surface area (Å²) in [6, 6.07) is 4.01. The van der Waals surface area contributed by atoms with E-state index in [2.05, 4.69) is 5.32 Å². The minimum absolute atomic E-state index is 0.0984. The van der Waals surface area contributed by atoms with Crippen LogP contribution in [0, 0.1) is 5.41 Å². The molecule has 1 aromatic carbocycles. The summed E-state index contributed by atoms with van der Waals surface area (Å²) in [4.78, 5) is 37.4. The normalized spacial score (nSPS) is 14.7. The number of rotatable bonds is 6. The molecule has 1 aromatic rings. The first-order valence-corrected chi connectivity index (χ1v) is 9.87. The molecule has 2 atom stereocenters. The fourth-order valence-electron chi connectivity index (χ4n) is 2.42. The first-order valence-electron chi connectivity index (χ1n) is 9.87. The molecule has 0 bridgehead atoms. The molecule has 9 heteroatoms. The molecule has 174 valence electrons. The monoisotopic (exact) mass is 439 g/mol. The van der Waals surface area contributed by atoms with E-state index in [9.17, 15) is 24.6 Å². The summed E-state index contributed by atoms with van der Waals surface area (Å²) in [6.45, 7) is 12.8. The number of amides is 1. The largest absolute Gasteiger partial charge is 0.504 e. The molecule has 0 spiro atoms. The molecule has 0 heterocycles. The molecule has 9 nitrogen and oxygen atoms in total. The van der Waals surface area contributed by atoms with Gasteiger partial charge < -0.3 is 29.7 Å². The second-order valence-corrected chi connectivity index (χ2v) is 9.59. The van der Waals surface area contributed by atoms with Crippen LogP contribution in [0.5, 0.6) is 11.5 Å². The van der Waals surface area contributed by atoms with Gasteiger partial charge in [-0.25, -0.2) is 9.59 Å². The lowest BCUT2D eigenvalue weighted by molar-refractivity contribution is -0.194. The van der Waals surface area contributed by atoms with Gasteiger partial charge in [-0.15, -0.1) is 0 Å². The van der Waals surface area contributed by atoms with Crippen LogP contribution in [0.4, 0.5) is 4.79 Å². The van der Waals surface area contributed by atoms with Crippen molar-refractivity contribution in [2.75, 3.05) is 0 Å². The van der Waals surface area contributed by atoms with Crippen molar-refractivity contribution < 1.29 is 38.8 Å². The van der Waals surface area contributed by atoms with Gasteiger partial charge in [-0.2, -0.15) is 0 Å². The molecule has 0 saturated heterocycles. The zero-order chi connectivity index (χ0) is 24.2. The van der Waals surface area contributed by atoms with Gasteiger partial charge in [-0.1, -0.05) is 6.07 Å². The Morgan fingerprint density at radius 2 is 1.48 bits per heavy atom. The van der Waals surface area contributed by atoms with Crippen LogP contribution in [0.1, 0.15) is 61.0 Å². The first-order chi connectivity index (χ1) is 13.9. The maximum absolute atomic E-state index is 13.0. The van der Waals surface area contributed by atoms with Crippen LogP contribution >= 0.6 is 0 Å². The van der Waals surface area contributed by atoms with Crippen LogP contribution in [0.25, 0.3) is 0 Å². The Labute approximate surface area is 182 Å². The van der Waals surface area contributed by atoms with E-state index in [1.54, 1.807) is 41.5 Å². The number of ether oxygens (including phenoxy) is 3.